The van der Waals surface area contributed by atoms with Crippen LogP contribution in [0.2, 0.25) is 5.02 Å². The molecule has 2 atom stereocenters. The number of ether oxygens (including phenoxy) is 1. The first-order valence-electron chi connectivity index (χ1n) is 8.34. The highest BCUT2D eigenvalue weighted by Crippen LogP contribution is 2.44. The number of amides is 1. The van der Waals surface area contributed by atoms with Gasteiger partial charge in [0.25, 0.3) is 0 Å². The maximum atomic E-state index is 13.5. The number of carbonyl (C=O) groups excluding carboxylic acids is 1. The third-order valence-corrected chi connectivity index (χ3v) is 4.73. The van der Waals surface area contributed by atoms with Crippen molar-refractivity contribution in [1.82, 2.24) is 4.90 Å². The van der Waals surface area contributed by atoms with Gasteiger partial charge in [-0.05, 0) is 65.2 Å². The van der Waals surface area contributed by atoms with Crippen LogP contribution in [-0.2, 0) is 4.74 Å². The minimum atomic E-state index is -0.727. The molecule has 1 aliphatic heterocycles. The van der Waals surface area contributed by atoms with Crippen molar-refractivity contribution >= 4 is 17.7 Å². The van der Waals surface area contributed by atoms with E-state index >= 15 is 0 Å². The van der Waals surface area contributed by atoms with Crippen LogP contribution in [0.4, 0.5) is 9.18 Å². The number of nitriles is 1. The third kappa shape index (κ3) is 4.24. The second kappa shape index (κ2) is 6.84. The molecule has 25 heavy (non-hydrogen) atoms. The average molecular weight is 367 g/mol. The Bertz CT molecular complexity index is 706. The predicted octanol–water partition coefficient (Wildman–Crippen LogP) is 5.47. The van der Waals surface area contributed by atoms with Gasteiger partial charge in [-0.1, -0.05) is 17.7 Å². The molecule has 136 valence electrons. The summed E-state index contributed by atoms with van der Waals surface area (Å²) in [7, 11) is 0. The monoisotopic (exact) mass is 366 g/mol. The fourth-order valence-corrected chi connectivity index (χ4v) is 3.40. The topological polar surface area (TPSA) is 53.3 Å². The first kappa shape index (κ1) is 19.5. The number of hydrogen-bond acceptors (Lipinski definition) is 3. The first-order chi connectivity index (χ1) is 11.5. The molecule has 1 aromatic carbocycles. The lowest BCUT2D eigenvalue weighted by molar-refractivity contribution is 0.00585. The van der Waals surface area contributed by atoms with E-state index in [4.69, 9.17) is 16.3 Å². The van der Waals surface area contributed by atoms with E-state index in [9.17, 15) is 14.4 Å². The molecule has 1 heterocycles. The quantitative estimate of drug-likeness (QED) is 0.697. The lowest BCUT2D eigenvalue weighted by Gasteiger charge is -2.37. The fraction of sp³-hybridized carbons (Fsp3) is 0.579. The van der Waals surface area contributed by atoms with Gasteiger partial charge in [-0.3, -0.25) is 4.90 Å². The summed E-state index contributed by atoms with van der Waals surface area (Å²) in [6.45, 7) is 9.03. The Morgan fingerprint density at radius 2 is 1.96 bits per heavy atom. The van der Waals surface area contributed by atoms with E-state index in [2.05, 4.69) is 6.07 Å². The molecule has 0 aromatic heterocycles. The van der Waals surface area contributed by atoms with E-state index in [-0.39, 0.29) is 17.1 Å². The SMILES string of the molecule is CC(C)(C)OC(=O)N1[C@H](c2ccc(F)c(Cl)c2)CC[C@@H]1C(C)(C)C#N. The van der Waals surface area contributed by atoms with Gasteiger partial charge < -0.3 is 4.74 Å². The summed E-state index contributed by atoms with van der Waals surface area (Å²) in [5.74, 6) is -0.499. The van der Waals surface area contributed by atoms with Crippen LogP contribution in [0.5, 0.6) is 0 Å². The summed E-state index contributed by atoms with van der Waals surface area (Å²) in [4.78, 5) is 14.5. The van der Waals surface area contributed by atoms with Crippen molar-refractivity contribution in [3.8, 4) is 6.07 Å². The zero-order valence-corrected chi connectivity index (χ0v) is 16.0. The van der Waals surface area contributed by atoms with Gasteiger partial charge in [0, 0.05) is 0 Å². The molecule has 0 spiro atoms. The van der Waals surface area contributed by atoms with Gasteiger partial charge in [0.2, 0.25) is 0 Å². The second-order valence-corrected chi connectivity index (χ2v) is 8.41. The lowest BCUT2D eigenvalue weighted by Crippen LogP contribution is -2.46. The molecule has 1 aliphatic rings. The van der Waals surface area contributed by atoms with Crippen LogP contribution in [0.1, 0.15) is 59.1 Å². The molecule has 1 saturated heterocycles. The van der Waals surface area contributed by atoms with Crippen molar-refractivity contribution in [3.63, 3.8) is 0 Å². The minimum absolute atomic E-state index is 0.0182. The summed E-state index contributed by atoms with van der Waals surface area (Å²) >= 11 is 5.92. The van der Waals surface area contributed by atoms with E-state index in [0.29, 0.717) is 12.8 Å². The molecule has 4 nitrogen and oxygen atoms in total. The van der Waals surface area contributed by atoms with Gasteiger partial charge in [-0.25, -0.2) is 9.18 Å². The van der Waals surface area contributed by atoms with Crippen LogP contribution >= 0.6 is 11.6 Å². The maximum Gasteiger partial charge on any atom is 0.411 e. The van der Waals surface area contributed by atoms with Crippen molar-refractivity contribution < 1.29 is 13.9 Å². The van der Waals surface area contributed by atoms with Gasteiger partial charge >= 0.3 is 6.09 Å². The van der Waals surface area contributed by atoms with Crippen molar-refractivity contribution in [2.24, 2.45) is 5.41 Å². The molecule has 0 radical (unpaired) electrons. The van der Waals surface area contributed by atoms with Crippen molar-refractivity contribution in [2.75, 3.05) is 0 Å². The molecule has 1 aromatic rings. The highest BCUT2D eigenvalue weighted by Gasteiger charge is 2.47. The summed E-state index contributed by atoms with van der Waals surface area (Å²) in [5.41, 5.74) is -0.630. The zero-order chi connectivity index (χ0) is 19.0. The highest BCUT2D eigenvalue weighted by atomic mass is 35.5. The van der Waals surface area contributed by atoms with Crippen LogP contribution in [0.15, 0.2) is 18.2 Å². The Balaban J connectivity index is 2.43. The van der Waals surface area contributed by atoms with Crippen LogP contribution in [0.25, 0.3) is 0 Å². The number of rotatable bonds is 2. The number of likely N-dealkylation sites (tertiary alicyclic amines) is 1. The Morgan fingerprint density at radius 3 is 2.48 bits per heavy atom. The van der Waals surface area contributed by atoms with Gasteiger partial charge in [-0.2, -0.15) is 5.26 Å². The molecule has 0 bridgehead atoms. The molecular formula is C19H24ClFN2O2. The number of halogens is 2. The Labute approximate surface area is 153 Å². The van der Waals surface area contributed by atoms with Crippen LogP contribution in [-0.4, -0.2) is 22.6 Å². The van der Waals surface area contributed by atoms with E-state index < -0.39 is 22.9 Å². The summed E-state index contributed by atoms with van der Waals surface area (Å²) in [6.07, 6.45) is 0.861. The maximum absolute atomic E-state index is 13.5. The van der Waals surface area contributed by atoms with E-state index in [1.165, 1.54) is 6.07 Å². The van der Waals surface area contributed by atoms with Crippen LogP contribution in [0.3, 0.4) is 0 Å². The number of hydrogen-bond donors (Lipinski definition) is 0. The van der Waals surface area contributed by atoms with Crippen molar-refractivity contribution in [3.05, 3.63) is 34.6 Å². The molecule has 1 amide bonds. The Hall–Kier alpha value is -1.80. The standard InChI is InChI=1S/C19H24ClFN2O2/c1-18(2,3)25-17(24)23-15(8-9-16(23)19(4,5)11-22)12-6-7-14(21)13(20)10-12/h6-7,10,15-16H,8-9H2,1-5H3/t15-,16+/m0/s1. The Kier molecular flexibility index (Phi) is 5.34. The fourth-order valence-electron chi connectivity index (χ4n) is 3.21. The number of carbonyl (C=O) groups is 1. The molecule has 1 fully saturated rings. The highest BCUT2D eigenvalue weighted by molar-refractivity contribution is 6.30. The summed E-state index contributed by atoms with van der Waals surface area (Å²) in [6, 6.07) is 6.17. The van der Waals surface area contributed by atoms with Crippen molar-refractivity contribution in [1.29, 1.82) is 5.26 Å². The van der Waals surface area contributed by atoms with Gasteiger partial charge in [-0.15, -0.1) is 0 Å². The summed E-state index contributed by atoms with van der Waals surface area (Å²) < 4.78 is 19.1. The first-order valence-corrected chi connectivity index (χ1v) is 8.71. The van der Waals surface area contributed by atoms with E-state index in [0.717, 1.165) is 5.56 Å². The summed E-state index contributed by atoms with van der Waals surface area (Å²) in [5, 5.41) is 9.54. The van der Waals surface area contributed by atoms with Gasteiger partial charge in [0.1, 0.15) is 11.4 Å². The van der Waals surface area contributed by atoms with E-state index in [1.807, 2.05) is 13.8 Å². The molecule has 6 heteroatoms. The molecular weight excluding hydrogens is 343 g/mol. The molecule has 0 unspecified atom stereocenters. The third-order valence-electron chi connectivity index (χ3n) is 4.44. The molecule has 0 N–H and O–H groups in total. The second-order valence-electron chi connectivity index (χ2n) is 8.00. The molecule has 0 aliphatic carbocycles. The number of nitrogens with zero attached hydrogens (tertiary/aromatic N) is 2. The van der Waals surface area contributed by atoms with Crippen molar-refractivity contribution in [2.45, 2.75) is 65.1 Å². The minimum Gasteiger partial charge on any atom is -0.444 e. The Morgan fingerprint density at radius 1 is 1.32 bits per heavy atom. The van der Waals surface area contributed by atoms with Gasteiger partial charge in [0.05, 0.1) is 28.6 Å². The van der Waals surface area contributed by atoms with E-state index in [1.54, 1.807) is 37.8 Å². The molecule has 2 rings (SSSR count). The number of benzene rings is 1. The molecule has 0 saturated carbocycles. The van der Waals surface area contributed by atoms with Crippen LogP contribution < -0.4 is 0 Å². The zero-order valence-electron chi connectivity index (χ0n) is 15.3. The average Bonchev–Trinajstić information content (AvgIpc) is 2.94. The smallest absolute Gasteiger partial charge is 0.411 e. The largest absolute Gasteiger partial charge is 0.444 e. The normalized spacial score (nSPS) is 21.1. The lowest BCUT2D eigenvalue weighted by atomic mass is 9.84. The van der Waals surface area contributed by atoms with Crippen LogP contribution in [0, 0.1) is 22.6 Å². The predicted molar refractivity (Wildman–Crippen MR) is 94.6 cm³/mol. The van der Waals surface area contributed by atoms with Gasteiger partial charge in [0.15, 0.2) is 0 Å².